The average Bonchev–Trinajstić information content (AvgIpc) is 3.08. The van der Waals surface area contributed by atoms with E-state index in [1.807, 2.05) is 0 Å². The summed E-state index contributed by atoms with van der Waals surface area (Å²) in [6.07, 6.45) is 1.48. The molecule has 32 heavy (non-hydrogen) atoms. The zero-order chi connectivity index (χ0) is 23.0. The third-order valence-electron chi connectivity index (χ3n) is 5.40. The molecule has 0 saturated carbocycles. The topological polar surface area (TPSA) is 103 Å². The fourth-order valence-electron chi connectivity index (χ4n) is 4.06. The molecule has 10 heteroatoms. The number of fused-ring (bicyclic) bond motifs is 2. The van der Waals surface area contributed by atoms with E-state index in [1.165, 1.54) is 27.5 Å². The van der Waals surface area contributed by atoms with E-state index in [1.54, 1.807) is 38.1 Å². The molecule has 168 valence electrons. The van der Waals surface area contributed by atoms with Crippen molar-refractivity contribution in [3.63, 3.8) is 0 Å². The minimum absolute atomic E-state index is 0.0402. The van der Waals surface area contributed by atoms with E-state index in [2.05, 4.69) is 9.71 Å². The molecule has 2 aromatic carbocycles. The van der Waals surface area contributed by atoms with Gasteiger partial charge in [0.1, 0.15) is 11.3 Å². The number of aromatic hydroxyl groups is 1. The van der Waals surface area contributed by atoms with Gasteiger partial charge in [0.25, 0.3) is 5.91 Å². The quantitative estimate of drug-likeness (QED) is 0.567. The van der Waals surface area contributed by atoms with Crippen molar-refractivity contribution in [2.45, 2.75) is 26.9 Å². The second-order valence-electron chi connectivity index (χ2n) is 7.41. The first-order valence-electron chi connectivity index (χ1n) is 10.2. The van der Waals surface area contributed by atoms with Crippen LogP contribution in [0, 0.1) is 5.82 Å². The van der Waals surface area contributed by atoms with Crippen LogP contribution >= 0.6 is 0 Å². The number of aromatic nitrogens is 1. The lowest BCUT2D eigenvalue weighted by molar-refractivity contribution is 0.0764. The number of hydrogen-bond acceptors (Lipinski definition) is 5. The lowest BCUT2D eigenvalue weighted by Crippen LogP contribution is -2.41. The lowest BCUT2D eigenvalue weighted by Gasteiger charge is -2.26. The fourth-order valence-corrected chi connectivity index (χ4v) is 5.37. The summed E-state index contributed by atoms with van der Waals surface area (Å²) < 4.78 is 42.9. The summed E-state index contributed by atoms with van der Waals surface area (Å²) in [7, 11) is -3.90. The monoisotopic (exact) mass is 458 g/mol. The van der Waals surface area contributed by atoms with Gasteiger partial charge in [-0.05, 0) is 36.8 Å². The lowest BCUT2D eigenvalue weighted by atomic mass is 10.0. The molecule has 1 amide bonds. The molecule has 8 nitrogen and oxygen atoms in total. The van der Waals surface area contributed by atoms with Crippen molar-refractivity contribution < 1.29 is 22.7 Å². The fraction of sp³-hybridized carbons (Fsp3) is 0.273. The van der Waals surface area contributed by atoms with Crippen LogP contribution in [0.5, 0.6) is 5.75 Å². The first-order chi connectivity index (χ1) is 15.3. The van der Waals surface area contributed by atoms with Crippen LogP contribution in [0.1, 0.15) is 35.3 Å². The Morgan fingerprint density at radius 1 is 1.22 bits per heavy atom. The van der Waals surface area contributed by atoms with Crippen molar-refractivity contribution in [2.24, 2.45) is 0 Å². The highest BCUT2D eigenvalue weighted by Crippen LogP contribution is 2.44. The normalized spacial score (nSPS) is 13.6. The maximum Gasteiger partial charge on any atom is 0.301 e. The number of carbonyl (C=O) groups excluding carboxylic acids is 1. The highest BCUT2D eigenvalue weighted by Gasteiger charge is 2.38. The van der Waals surface area contributed by atoms with Crippen LogP contribution in [0.3, 0.4) is 0 Å². The molecule has 2 heterocycles. The maximum atomic E-state index is 13.3. The number of carbonyl (C=O) groups is 1. The molecule has 0 radical (unpaired) electrons. The van der Waals surface area contributed by atoms with Crippen molar-refractivity contribution in [1.29, 1.82) is 0 Å². The number of anilines is 1. The van der Waals surface area contributed by atoms with Crippen LogP contribution < -0.4 is 9.03 Å². The van der Waals surface area contributed by atoms with Crippen LogP contribution in [0.4, 0.5) is 10.1 Å². The van der Waals surface area contributed by atoms with Gasteiger partial charge in [0.2, 0.25) is 0 Å². The van der Waals surface area contributed by atoms with Crippen molar-refractivity contribution in [3.8, 4) is 5.75 Å². The molecule has 0 unspecified atom stereocenters. The summed E-state index contributed by atoms with van der Waals surface area (Å²) in [5.41, 5.74) is 1.64. The van der Waals surface area contributed by atoms with E-state index < -0.39 is 16.1 Å². The van der Waals surface area contributed by atoms with Gasteiger partial charge in [-0.3, -0.25) is 14.1 Å². The average molecular weight is 459 g/mol. The van der Waals surface area contributed by atoms with Crippen LogP contribution in [-0.2, 0) is 23.3 Å². The van der Waals surface area contributed by atoms with Gasteiger partial charge in [-0.25, -0.2) is 4.39 Å². The Morgan fingerprint density at radius 2 is 1.94 bits per heavy atom. The molecular formula is C22H23FN4O4S. The molecule has 2 N–H and O–H groups in total. The van der Waals surface area contributed by atoms with E-state index in [9.17, 15) is 22.7 Å². The third kappa shape index (κ3) is 3.65. The molecule has 3 aromatic rings. The molecule has 1 aliphatic heterocycles. The summed E-state index contributed by atoms with van der Waals surface area (Å²) in [5.74, 6) is -1.09. The minimum atomic E-state index is -3.90. The van der Waals surface area contributed by atoms with E-state index in [0.717, 1.165) is 0 Å². The molecular weight excluding hydrogens is 435 g/mol. The summed E-state index contributed by atoms with van der Waals surface area (Å²) in [4.78, 5) is 19.0. The van der Waals surface area contributed by atoms with Gasteiger partial charge in [-0.1, -0.05) is 19.1 Å². The Hall–Kier alpha value is -3.24. The summed E-state index contributed by atoms with van der Waals surface area (Å²) in [6.45, 7) is 3.97. The van der Waals surface area contributed by atoms with Crippen LogP contribution in [0.2, 0.25) is 0 Å². The highest BCUT2D eigenvalue weighted by molar-refractivity contribution is 7.90. The third-order valence-corrected chi connectivity index (χ3v) is 7.08. The molecule has 0 saturated heterocycles. The van der Waals surface area contributed by atoms with Gasteiger partial charge in [0.15, 0.2) is 5.75 Å². The minimum Gasteiger partial charge on any atom is -0.505 e. The summed E-state index contributed by atoms with van der Waals surface area (Å²) >= 11 is 0. The number of rotatable bonds is 7. The molecule has 0 fully saturated rings. The maximum absolute atomic E-state index is 13.3. The molecule has 0 spiro atoms. The number of halogens is 1. The molecule has 1 aromatic heterocycles. The van der Waals surface area contributed by atoms with Crippen molar-refractivity contribution in [2.75, 3.05) is 17.4 Å². The first-order valence-corrected chi connectivity index (χ1v) is 11.7. The summed E-state index contributed by atoms with van der Waals surface area (Å²) in [5, 5.41) is 11.3. The Bertz CT molecular complexity index is 1300. The predicted octanol–water partition coefficient (Wildman–Crippen LogP) is 2.92. The number of phenols is 1. The van der Waals surface area contributed by atoms with Gasteiger partial charge in [0, 0.05) is 43.3 Å². The molecule has 0 atom stereocenters. The molecule has 4 rings (SSSR count). The van der Waals surface area contributed by atoms with Gasteiger partial charge in [-0.15, -0.1) is 0 Å². The van der Waals surface area contributed by atoms with E-state index in [-0.39, 0.29) is 48.8 Å². The first kappa shape index (κ1) is 22.0. The van der Waals surface area contributed by atoms with Crippen LogP contribution in [0.15, 0.2) is 42.6 Å². The number of nitrogens with one attached hydrogen (secondary N) is 1. The van der Waals surface area contributed by atoms with Crippen LogP contribution in [-0.4, -0.2) is 42.4 Å². The second kappa shape index (κ2) is 8.36. The van der Waals surface area contributed by atoms with Gasteiger partial charge < -0.3 is 10.0 Å². The number of nitrogens with zero attached hydrogens (tertiary/aromatic N) is 3. The standard InChI is InChI=1S/C22H23FN4O4S/c1-3-25-32(30,31)27(4-2)20-16-6-5-11-24-19(16)21(28)18-17(20)13-26(22(18)29)12-14-7-9-15(23)10-8-14/h5-11,25,28H,3-4,12-13H2,1-2H3. The molecule has 0 aliphatic carbocycles. The Kier molecular flexibility index (Phi) is 5.74. The number of pyridine rings is 1. The van der Waals surface area contributed by atoms with Crippen LogP contribution in [0.25, 0.3) is 10.9 Å². The smallest absolute Gasteiger partial charge is 0.301 e. The van der Waals surface area contributed by atoms with E-state index >= 15 is 0 Å². The highest BCUT2D eigenvalue weighted by atomic mass is 32.2. The number of amides is 1. The molecule has 1 aliphatic rings. The Balaban J connectivity index is 1.89. The predicted molar refractivity (Wildman–Crippen MR) is 119 cm³/mol. The SMILES string of the molecule is CCNS(=O)(=O)N(CC)c1c2c(c(O)c3ncccc13)C(=O)N(Cc1ccc(F)cc1)C2. The zero-order valence-corrected chi connectivity index (χ0v) is 18.5. The van der Waals surface area contributed by atoms with Gasteiger partial charge >= 0.3 is 10.2 Å². The number of phenolic OH excluding ortho intramolecular Hbond substituents is 1. The zero-order valence-electron chi connectivity index (χ0n) is 17.7. The van der Waals surface area contributed by atoms with E-state index in [0.29, 0.717) is 22.2 Å². The number of benzene rings is 2. The molecule has 0 bridgehead atoms. The second-order valence-corrected chi connectivity index (χ2v) is 9.09. The van der Waals surface area contributed by atoms with Crippen molar-refractivity contribution >= 4 is 32.7 Å². The van der Waals surface area contributed by atoms with Crippen molar-refractivity contribution in [1.82, 2.24) is 14.6 Å². The van der Waals surface area contributed by atoms with Gasteiger partial charge in [0.05, 0.1) is 11.3 Å². The Labute approximate surface area is 185 Å². The van der Waals surface area contributed by atoms with Gasteiger partial charge in [-0.2, -0.15) is 13.1 Å². The van der Waals surface area contributed by atoms with Crippen molar-refractivity contribution in [3.05, 3.63) is 65.1 Å². The Morgan fingerprint density at radius 3 is 2.59 bits per heavy atom. The number of hydrogen-bond donors (Lipinski definition) is 2. The van der Waals surface area contributed by atoms with E-state index in [4.69, 9.17) is 0 Å². The summed E-state index contributed by atoms with van der Waals surface area (Å²) in [6, 6.07) is 9.11. The largest absolute Gasteiger partial charge is 0.505 e.